The van der Waals surface area contributed by atoms with E-state index in [1.54, 1.807) is 0 Å². The Labute approximate surface area is 93.9 Å². The molecular formula is C4H4Cl5NO2. The van der Waals surface area contributed by atoms with E-state index in [-0.39, 0.29) is 0 Å². The lowest BCUT2D eigenvalue weighted by atomic mass is 10.6. The molecule has 3 nitrogen and oxygen atoms in total. The molecule has 0 fully saturated rings. The van der Waals surface area contributed by atoms with E-state index in [2.05, 4.69) is 0 Å². The van der Waals surface area contributed by atoms with Gasteiger partial charge in [-0.15, -0.1) is 0 Å². The zero-order chi connectivity index (χ0) is 9.94. The minimum Gasteiger partial charge on any atom is -0.369 e. The van der Waals surface area contributed by atoms with Crippen molar-refractivity contribution in [2.45, 2.75) is 14.9 Å². The van der Waals surface area contributed by atoms with Crippen molar-refractivity contribution in [1.82, 2.24) is 5.32 Å². The lowest BCUT2D eigenvalue weighted by molar-refractivity contribution is -0.122. The molecule has 0 rings (SSSR count). The molecule has 0 saturated carbocycles. The molecule has 0 aliphatic heterocycles. The smallest absolute Gasteiger partial charge is 0.255 e. The van der Waals surface area contributed by atoms with Gasteiger partial charge in [0.05, 0.1) is 0 Å². The third kappa shape index (κ3) is 4.80. The molecule has 1 amide bonds. The van der Waals surface area contributed by atoms with Crippen LogP contribution in [0, 0.1) is 0 Å². The maximum absolute atomic E-state index is 10.7. The number of hydrogen-bond donors (Lipinski definition) is 2. The number of aliphatic hydroxyl groups excluding tert-OH is 1. The Morgan fingerprint density at radius 2 is 1.75 bits per heavy atom. The average Bonchev–Trinajstić information content (AvgIpc) is 1.85. The number of halogens is 5. The van der Waals surface area contributed by atoms with Crippen molar-refractivity contribution in [3.05, 3.63) is 0 Å². The van der Waals surface area contributed by atoms with E-state index < -0.39 is 20.8 Å². The second-order valence-corrected chi connectivity index (χ2v) is 5.22. The predicted octanol–water partition coefficient (Wildman–Crippen LogP) is 1.59. The summed E-state index contributed by atoms with van der Waals surface area (Å²) in [6.07, 6.45) is -1.64. The Morgan fingerprint density at radius 1 is 1.33 bits per heavy atom. The van der Waals surface area contributed by atoms with Crippen LogP contribution in [0.4, 0.5) is 0 Å². The fourth-order valence-corrected chi connectivity index (χ4v) is 0.569. The summed E-state index contributed by atoms with van der Waals surface area (Å²) in [5.41, 5.74) is 0. The molecule has 12 heavy (non-hydrogen) atoms. The second-order valence-electron chi connectivity index (χ2n) is 1.75. The monoisotopic (exact) mass is 273 g/mol. The molecule has 72 valence electrons. The van der Waals surface area contributed by atoms with Crippen molar-refractivity contribution >= 4 is 63.9 Å². The minimum atomic E-state index is -2.00. The number of rotatable bonds is 2. The van der Waals surface area contributed by atoms with Crippen LogP contribution >= 0.6 is 58.0 Å². The molecule has 0 aromatic rings. The molecule has 1 unspecified atom stereocenters. The number of alkyl halides is 5. The first-order chi connectivity index (χ1) is 5.25. The summed E-state index contributed by atoms with van der Waals surface area (Å²) >= 11 is 25.9. The molecule has 0 radical (unpaired) electrons. The summed E-state index contributed by atoms with van der Waals surface area (Å²) in [5, 5.41) is 10.8. The van der Waals surface area contributed by atoms with Gasteiger partial charge in [0.2, 0.25) is 3.79 Å². The Bertz CT molecular complexity index is 167. The van der Waals surface area contributed by atoms with Gasteiger partial charge in [-0.2, -0.15) is 0 Å². The highest BCUT2D eigenvalue weighted by molar-refractivity contribution is 6.68. The van der Waals surface area contributed by atoms with Crippen LogP contribution in [-0.4, -0.2) is 25.9 Å². The Balaban J connectivity index is 4.02. The average molecular weight is 275 g/mol. The van der Waals surface area contributed by atoms with Crippen molar-refractivity contribution in [2.75, 3.05) is 0 Å². The third-order valence-electron chi connectivity index (χ3n) is 0.787. The van der Waals surface area contributed by atoms with Gasteiger partial charge in [0, 0.05) is 0 Å². The number of amides is 1. The predicted molar refractivity (Wildman–Crippen MR) is 49.9 cm³/mol. The van der Waals surface area contributed by atoms with E-state index in [1.807, 2.05) is 5.32 Å². The van der Waals surface area contributed by atoms with Gasteiger partial charge < -0.3 is 10.4 Å². The second kappa shape index (κ2) is 4.94. The first kappa shape index (κ1) is 12.9. The Kier molecular flexibility index (Phi) is 5.30. The number of carbonyl (C=O) groups is 1. The van der Waals surface area contributed by atoms with Crippen LogP contribution in [0.25, 0.3) is 0 Å². The van der Waals surface area contributed by atoms with E-state index >= 15 is 0 Å². The quantitative estimate of drug-likeness (QED) is 0.594. The van der Waals surface area contributed by atoms with Crippen LogP contribution < -0.4 is 5.32 Å². The maximum atomic E-state index is 10.7. The summed E-state index contributed by atoms with van der Waals surface area (Å²) in [4.78, 5) is 9.38. The van der Waals surface area contributed by atoms with Crippen LogP contribution in [0.15, 0.2) is 0 Å². The summed E-state index contributed by atoms with van der Waals surface area (Å²) in [7, 11) is 0. The van der Waals surface area contributed by atoms with Crippen molar-refractivity contribution in [2.24, 2.45) is 0 Å². The van der Waals surface area contributed by atoms with Crippen LogP contribution in [0.1, 0.15) is 0 Å². The first-order valence-corrected chi connectivity index (χ1v) is 4.59. The Morgan fingerprint density at radius 3 is 2.00 bits per heavy atom. The highest BCUT2D eigenvalue weighted by atomic mass is 35.6. The highest BCUT2D eigenvalue weighted by Crippen LogP contribution is 2.28. The van der Waals surface area contributed by atoms with Gasteiger partial charge >= 0.3 is 0 Å². The lowest BCUT2D eigenvalue weighted by Crippen LogP contribution is -2.45. The molecule has 0 aromatic carbocycles. The fourth-order valence-electron chi connectivity index (χ4n) is 0.280. The normalized spacial score (nSPS) is 14.6. The van der Waals surface area contributed by atoms with Gasteiger partial charge in [-0.1, -0.05) is 58.0 Å². The van der Waals surface area contributed by atoms with Crippen molar-refractivity contribution in [1.29, 1.82) is 0 Å². The van der Waals surface area contributed by atoms with Gasteiger partial charge in [0.15, 0.2) is 11.1 Å². The number of nitrogens with one attached hydrogen (secondary N) is 1. The van der Waals surface area contributed by atoms with Crippen LogP contribution in [0.3, 0.4) is 0 Å². The molecule has 0 spiro atoms. The molecule has 8 heteroatoms. The van der Waals surface area contributed by atoms with Crippen molar-refractivity contribution in [3.63, 3.8) is 0 Å². The van der Waals surface area contributed by atoms with E-state index in [0.29, 0.717) is 0 Å². The lowest BCUT2D eigenvalue weighted by Gasteiger charge is -2.19. The number of aliphatic hydroxyl groups is 1. The molecule has 0 saturated heterocycles. The molecule has 0 aliphatic rings. The maximum Gasteiger partial charge on any atom is 0.255 e. The van der Waals surface area contributed by atoms with Crippen LogP contribution in [0.5, 0.6) is 0 Å². The van der Waals surface area contributed by atoms with Crippen LogP contribution in [0.2, 0.25) is 0 Å². The number of carbonyl (C=O) groups excluding carboxylic acids is 1. The molecule has 2 N–H and O–H groups in total. The molecule has 0 heterocycles. The first-order valence-electron chi connectivity index (χ1n) is 2.58. The van der Waals surface area contributed by atoms with E-state index in [4.69, 9.17) is 63.1 Å². The highest BCUT2D eigenvalue weighted by Gasteiger charge is 2.32. The zero-order valence-electron chi connectivity index (χ0n) is 5.40. The van der Waals surface area contributed by atoms with E-state index in [1.165, 1.54) is 0 Å². The summed E-state index contributed by atoms with van der Waals surface area (Å²) < 4.78 is -2.00. The fraction of sp³-hybridized carbons (Fsp3) is 0.750. The molecule has 0 aromatic heterocycles. The molecule has 0 bridgehead atoms. The summed E-state index contributed by atoms with van der Waals surface area (Å²) in [6.45, 7) is 0. The van der Waals surface area contributed by atoms with Gasteiger partial charge in [0.1, 0.15) is 0 Å². The topological polar surface area (TPSA) is 49.3 Å². The SMILES string of the molecule is O=C(NC(O)C(Cl)(Cl)Cl)C(Cl)Cl. The zero-order valence-corrected chi connectivity index (χ0v) is 9.18. The molecular weight excluding hydrogens is 271 g/mol. The van der Waals surface area contributed by atoms with Crippen molar-refractivity contribution in [3.8, 4) is 0 Å². The number of hydrogen-bond acceptors (Lipinski definition) is 2. The molecule has 1 atom stereocenters. The van der Waals surface area contributed by atoms with Gasteiger partial charge in [-0.3, -0.25) is 4.79 Å². The minimum absolute atomic E-state index is 0.836. The Hall–Kier alpha value is 0.880. The van der Waals surface area contributed by atoms with Gasteiger partial charge in [-0.05, 0) is 0 Å². The van der Waals surface area contributed by atoms with E-state index in [0.717, 1.165) is 0 Å². The standard InChI is InChI=1S/C4H4Cl5NO2/c5-1(6)2(11)10-3(12)4(7,8)9/h1,3,12H,(H,10,11). The van der Waals surface area contributed by atoms with Gasteiger partial charge in [-0.25, -0.2) is 0 Å². The van der Waals surface area contributed by atoms with Crippen LogP contribution in [-0.2, 0) is 4.79 Å². The third-order valence-corrected chi connectivity index (χ3v) is 1.80. The van der Waals surface area contributed by atoms with Crippen molar-refractivity contribution < 1.29 is 9.90 Å². The van der Waals surface area contributed by atoms with E-state index in [9.17, 15) is 4.79 Å². The summed E-state index contributed by atoms with van der Waals surface area (Å²) in [6, 6.07) is 0. The summed E-state index contributed by atoms with van der Waals surface area (Å²) in [5.74, 6) is -0.836. The molecule has 0 aliphatic carbocycles. The van der Waals surface area contributed by atoms with Gasteiger partial charge in [0.25, 0.3) is 5.91 Å². The largest absolute Gasteiger partial charge is 0.369 e.